The van der Waals surface area contributed by atoms with Crippen molar-refractivity contribution < 1.29 is 4.21 Å². The van der Waals surface area contributed by atoms with Crippen molar-refractivity contribution in [1.82, 2.24) is 5.32 Å². The van der Waals surface area contributed by atoms with Gasteiger partial charge in [-0.2, -0.15) is 0 Å². The van der Waals surface area contributed by atoms with Crippen LogP contribution in [-0.4, -0.2) is 27.8 Å². The summed E-state index contributed by atoms with van der Waals surface area (Å²) in [5.41, 5.74) is 0.283. The Morgan fingerprint density at radius 1 is 1.41 bits per heavy atom. The van der Waals surface area contributed by atoms with Crippen LogP contribution in [0.1, 0.15) is 53.9 Å². The molecule has 1 saturated carbocycles. The van der Waals surface area contributed by atoms with E-state index in [1.807, 2.05) is 0 Å². The van der Waals surface area contributed by atoms with Crippen molar-refractivity contribution in [2.45, 2.75) is 65.2 Å². The Morgan fingerprint density at radius 3 is 2.59 bits per heavy atom. The molecule has 3 unspecified atom stereocenters. The van der Waals surface area contributed by atoms with Crippen molar-refractivity contribution in [2.75, 3.05) is 12.3 Å². The van der Waals surface area contributed by atoms with Crippen LogP contribution in [0.3, 0.4) is 0 Å². The highest BCUT2D eigenvalue weighted by molar-refractivity contribution is 7.85. The summed E-state index contributed by atoms with van der Waals surface area (Å²) >= 11 is 0. The van der Waals surface area contributed by atoms with Gasteiger partial charge in [0.1, 0.15) is 0 Å². The van der Waals surface area contributed by atoms with Crippen LogP contribution >= 0.6 is 0 Å². The van der Waals surface area contributed by atoms with Crippen molar-refractivity contribution in [3.8, 4) is 0 Å². The molecule has 1 rings (SSSR count). The molecule has 1 aliphatic carbocycles. The fourth-order valence-electron chi connectivity index (χ4n) is 2.95. The largest absolute Gasteiger partial charge is 0.313 e. The molecule has 3 atom stereocenters. The first kappa shape index (κ1) is 15.2. The highest BCUT2D eigenvalue weighted by atomic mass is 32.2. The van der Waals surface area contributed by atoms with E-state index in [0.29, 0.717) is 17.2 Å². The zero-order chi connectivity index (χ0) is 13.1. The third-order valence-electron chi connectivity index (χ3n) is 3.78. The van der Waals surface area contributed by atoms with E-state index in [1.54, 1.807) is 0 Å². The molecule has 0 amide bonds. The van der Waals surface area contributed by atoms with Crippen LogP contribution in [0.15, 0.2) is 0 Å². The van der Waals surface area contributed by atoms with E-state index in [1.165, 1.54) is 12.8 Å². The lowest BCUT2D eigenvalue weighted by molar-refractivity contribution is 0.174. The molecular weight excluding hydrogens is 230 g/mol. The lowest BCUT2D eigenvalue weighted by Gasteiger charge is -2.44. The number of nitrogens with one attached hydrogen (secondary N) is 1. The minimum absolute atomic E-state index is 0.283. The molecule has 1 fully saturated rings. The molecule has 0 aromatic rings. The van der Waals surface area contributed by atoms with Crippen LogP contribution in [0.4, 0.5) is 0 Å². The minimum Gasteiger partial charge on any atom is -0.313 e. The van der Waals surface area contributed by atoms with E-state index >= 15 is 0 Å². The van der Waals surface area contributed by atoms with Crippen molar-refractivity contribution in [3.63, 3.8) is 0 Å². The van der Waals surface area contributed by atoms with E-state index in [4.69, 9.17) is 0 Å². The maximum atomic E-state index is 12.5. The summed E-state index contributed by atoms with van der Waals surface area (Å²) in [5.74, 6) is 1.38. The highest BCUT2D eigenvalue weighted by Gasteiger charge is 2.40. The Bertz CT molecular complexity index is 263. The van der Waals surface area contributed by atoms with Crippen molar-refractivity contribution in [2.24, 2.45) is 11.3 Å². The molecule has 0 bridgehead atoms. The molecule has 0 aliphatic heterocycles. The van der Waals surface area contributed by atoms with Gasteiger partial charge in [0.25, 0.3) is 0 Å². The molecule has 1 aliphatic rings. The molecule has 3 heteroatoms. The van der Waals surface area contributed by atoms with E-state index in [2.05, 4.69) is 39.9 Å². The van der Waals surface area contributed by atoms with E-state index in [9.17, 15) is 4.21 Å². The van der Waals surface area contributed by atoms with Crippen molar-refractivity contribution in [3.05, 3.63) is 0 Å². The Kier molecular flexibility index (Phi) is 5.65. The SMILES string of the molecule is CCNC1C(S(=O)CC(C)C)CCCC1(C)C. The van der Waals surface area contributed by atoms with Gasteiger partial charge in [0.2, 0.25) is 0 Å². The topological polar surface area (TPSA) is 29.1 Å². The number of hydrogen-bond acceptors (Lipinski definition) is 2. The Labute approximate surface area is 109 Å². The second-order valence-corrected chi connectivity index (χ2v) is 8.10. The summed E-state index contributed by atoms with van der Waals surface area (Å²) in [6.07, 6.45) is 3.60. The second-order valence-electron chi connectivity index (χ2n) is 6.40. The van der Waals surface area contributed by atoms with Crippen LogP contribution in [0.2, 0.25) is 0 Å². The van der Waals surface area contributed by atoms with Gasteiger partial charge in [-0.05, 0) is 30.7 Å². The molecule has 0 aromatic heterocycles. The van der Waals surface area contributed by atoms with E-state index < -0.39 is 10.8 Å². The first-order valence-corrected chi connectivity index (χ1v) is 8.37. The maximum Gasteiger partial charge on any atom is 0.0506 e. The predicted molar refractivity (Wildman–Crippen MR) is 76.7 cm³/mol. The highest BCUT2D eigenvalue weighted by Crippen LogP contribution is 2.38. The van der Waals surface area contributed by atoms with Gasteiger partial charge < -0.3 is 5.32 Å². The van der Waals surface area contributed by atoms with Gasteiger partial charge in [0.15, 0.2) is 0 Å². The molecule has 0 spiro atoms. The molecule has 17 heavy (non-hydrogen) atoms. The van der Waals surface area contributed by atoms with Crippen LogP contribution in [0.25, 0.3) is 0 Å². The molecule has 102 valence electrons. The first-order valence-electron chi connectivity index (χ1n) is 6.99. The number of rotatable bonds is 5. The van der Waals surface area contributed by atoms with Crippen LogP contribution in [0, 0.1) is 11.3 Å². The van der Waals surface area contributed by atoms with Gasteiger partial charge in [-0.25, -0.2) is 0 Å². The average molecular weight is 259 g/mol. The summed E-state index contributed by atoms with van der Waals surface area (Å²) in [5, 5.41) is 3.93. The summed E-state index contributed by atoms with van der Waals surface area (Å²) < 4.78 is 12.5. The van der Waals surface area contributed by atoms with Gasteiger partial charge in [0.05, 0.1) is 5.25 Å². The van der Waals surface area contributed by atoms with E-state index in [-0.39, 0.29) is 5.41 Å². The third-order valence-corrected chi connectivity index (χ3v) is 5.96. The molecule has 2 nitrogen and oxygen atoms in total. The van der Waals surface area contributed by atoms with Crippen LogP contribution in [0.5, 0.6) is 0 Å². The first-order chi connectivity index (χ1) is 7.88. The zero-order valence-electron chi connectivity index (χ0n) is 12.1. The van der Waals surface area contributed by atoms with Gasteiger partial charge in [-0.1, -0.05) is 41.0 Å². The average Bonchev–Trinajstić information content (AvgIpc) is 2.19. The molecule has 0 heterocycles. The smallest absolute Gasteiger partial charge is 0.0506 e. The Morgan fingerprint density at radius 2 is 2.06 bits per heavy atom. The number of hydrogen-bond donors (Lipinski definition) is 1. The molecule has 0 saturated heterocycles. The van der Waals surface area contributed by atoms with Gasteiger partial charge in [-0.15, -0.1) is 0 Å². The quantitative estimate of drug-likeness (QED) is 0.822. The fraction of sp³-hybridized carbons (Fsp3) is 1.00. The van der Waals surface area contributed by atoms with Crippen molar-refractivity contribution >= 4 is 10.8 Å². The summed E-state index contributed by atoms with van der Waals surface area (Å²) in [6, 6.07) is 0.417. The monoisotopic (exact) mass is 259 g/mol. The maximum absolute atomic E-state index is 12.5. The molecule has 0 aromatic carbocycles. The normalized spacial score (nSPS) is 30.5. The fourth-order valence-corrected chi connectivity index (χ4v) is 5.05. The summed E-state index contributed by atoms with van der Waals surface area (Å²) in [4.78, 5) is 0. The lowest BCUT2D eigenvalue weighted by atomic mass is 9.73. The summed E-state index contributed by atoms with van der Waals surface area (Å²) in [7, 11) is -0.677. The van der Waals surface area contributed by atoms with Crippen LogP contribution in [-0.2, 0) is 10.8 Å². The van der Waals surface area contributed by atoms with Crippen LogP contribution < -0.4 is 5.32 Å². The minimum atomic E-state index is -0.677. The molecule has 1 N–H and O–H groups in total. The van der Waals surface area contributed by atoms with Crippen molar-refractivity contribution in [1.29, 1.82) is 0 Å². The van der Waals surface area contributed by atoms with Gasteiger partial charge in [-0.3, -0.25) is 4.21 Å². The van der Waals surface area contributed by atoms with Gasteiger partial charge >= 0.3 is 0 Å². The lowest BCUT2D eigenvalue weighted by Crippen LogP contribution is -2.54. The van der Waals surface area contributed by atoms with Gasteiger partial charge in [0, 0.05) is 22.6 Å². The Hall–Kier alpha value is 0.110. The Balaban J connectivity index is 2.76. The zero-order valence-corrected chi connectivity index (χ0v) is 12.9. The molecular formula is C14H29NOS. The predicted octanol–water partition coefficient (Wildman–Crippen LogP) is 2.95. The standard InChI is InChI=1S/C14H29NOS/c1-6-15-13-12(17(16)10-11(2)3)8-7-9-14(13,4)5/h11-13,15H,6-10H2,1-5H3. The third kappa shape index (κ3) is 4.06. The van der Waals surface area contributed by atoms with E-state index in [0.717, 1.165) is 18.7 Å². The second kappa shape index (κ2) is 6.33. The summed E-state index contributed by atoms with van der Waals surface area (Å²) in [6.45, 7) is 12.1. The molecule has 0 radical (unpaired) electrons.